The summed E-state index contributed by atoms with van der Waals surface area (Å²) in [4.78, 5) is 0. The summed E-state index contributed by atoms with van der Waals surface area (Å²) in [6.45, 7) is 4.27. The van der Waals surface area contributed by atoms with E-state index < -0.39 is 15.0 Å². The van der Waals surface area contributed by atoms with E-state index in [1.807, 2.05) is 0 Å². The van der Waals surface area contributed by atoms with Crippen LogP contribution in [0.5, 0.6) is 0 Å². The quantitative estimate of drug-likeness (QED) is 0.650. The van der Waals surface area contributed by atoms with E-state index >= 15 is 0 Å². The molecule has 8 heavy (non-hydrogen) atoms. The number of hydrogen-bond acceptors (Lipinski definition) is 1. The van der Waals surface area contributed by atoms with Crippen LogP contribution in [0.2, 0.25) is 10.4 Å². The van der Waals surface area contributed by atoms with E-state index in [2.05, 4.69) is 13.8 Å². The van der Waals surface area contributed by atoms with E-state index in [9.17, 15) is 4.10 Å². The molecule has 0 saturated carbocycles. The van der Waals surface area contributed by atoms with Crippen molar-refractivity contribution in [1.82, 2.24) is 0 Å². The Morgan fingerprint density at radius 1 is 1.12 bits per heavy atom. The van der Waals surface area contributed by atoms with Gasteiger partial charge in [-0.15, -0.1) is 0 Å². The first-order valence-corrected chi connectivity index (χ1v) is 6.74. The third-order valence-electron chi connectivity index (χ3n) is 0.963. The molecule has 0 aliphatic carbocycles. The van der Waals surface area contributed by atoms with Gasteiger partial charge in [0.15, 0.2) is 0 Å². The molecule has 0 aromatic rings. The molecule has 0 atom stereocenters. The monoisotopic (exact) mass is 178 g/mol. The van der Waals surface area contributed by atoms with Gasteiger partial charge in [0.25, 0.3) is 0 Å². The molecule has 0 heterocycles. The topological polar surface area (TPSA) is 20.2 Å². The Kier molecular flexibility index (Phi) is 6.02. The Hall–Kier alpha value is 0.518. The average Bonchev–Trinajstić information content (AvgIpc) is 1.68. The zero-order valence-corrected chi connectivity index (χ0v) is 7.60. The van der Waals surface area contributed by atoms with Gasteiger partial charge in [0.05, 0.1) is 0 Å². The van der Waals surface area contributed by atoms with Crippen molar-refractivity contribution >= 4 is 15.0 Å². The third kappa shape index (κ3) is 4.67. The Morgan fingerprint density at radius 2 is 1.50 bits per heavy atom. The molecule has 2 heteroatoms. The summed E-state index contributed by atoms with van der Waals surface area (Å²) in [5.41, 5.74) is 0. The van der Waals surface area contributed by atoms with Crippen LogP contribution in [0, 0.1) is 0 Å². The Bertz CT molecular complexity index is 41.8. The number of hydrogen-bond donors (Lipinski definition) is 1. The zero-order chi connectivity index (χ0) is 6.41. The van der Waals surface area contributed by atoms with Crippen LogP contribution in [-0.2, 0) is 0 Å². The van der Waals surface area contributed by atoms with Crippen LogP contribution in [-0.4, -0.2) is 19.1 Å². The van der Waals surface area contributed by atoms with Crippen LogP contribution >= 0.6 is 0 Å². The van der Waals surface area contributed by atoms with Crippen molar-refractivity contribution in [2.75, 3.05) is 0 Å². The first kappa shape index (κ1) is 8.52. The van der Waals surface area contributed by atoms with Gasteiger partial charge >= 0.3 is 56.2 Å². The van der Waals surface area contributed by atoms with Gasteiger partial charge < -0.3 is 0 Å². The molecule has 0 fully saturated rings. The normalized spacial score (nSPS) is 10.5. The van der Waals surface area contributed by atoms with E-state index in [0.717, 1.165) is 23.3 Å². The zero-order valence-electron chi connectivity index (χ0n) is 5.72. The molecule has 0 spiro atoms. The summed E-state index contributed by atoms with van der Waals surface area (Å²) < 4.78 is 9.20. The summed E-state index contributed by atoms with van der Waals surface area (Å²) in [5.74, 6) is 0. The maximum absolute atomic E-state index is 9.20. The van der Waals surface area contributed by atoms with Crippen molar-refractivity contribution in [3.8, 4) is 0 Å². The minimum absolute atomic E-state index is 1.11. The molecule has 0 radical (unpaired) electrons. The fourth-order valence-electron chi connectivity index (χ4n) is 0.628. The van der Waals surface area contributed by atoms with Crippen molar-refractivity contribution in [3.05, 3.63) is 0 Å². The molecule has 1 nitrogen and oxygen atoms in total. The fraction of sp³-hybridized carbons (Fsp3) is 1.00. The standard InChI is InChI=1S/C6H15AsO/c1-3-5-7(8)6-4-2/h8H,3-6H2,1-2H3. The molecule has 1 N–H and O–H groups in total. The van der Waals surface area contributed by atoms with Crippen LogP contribution in [0.25, 0.3) is 0 Å². The summed E-state index contributed by atoms with van der Waals surface area (Å²) >= 11 is -1.26. The minimum atomic E-state index is -1.26. The summed E-state index contributed by atoms with van der Waals surface area (Å²) in [5, 5.41) is 2.22. The van der Waals surface area contributed by atoms with Crippen molar-refractivity contribution in [1.29, 1.82) is 0 Å². The first-order valence-electron chi connectivity index (χ1n) is 3.25. The number of rotatable bonds is 4. The van der Waals surface area contributed by atoms with Crippen LogP contribution in [0.15, 0.2) is 0 Å². The summed E-state index contributed by atoms with van der Waals surface area (Å²) in [6.07, 6.45) is 2.33. The molecule has 0 aliphatic heterocycles. The summed E-state index contributed by atoms with van der Waals surface area (Å²) in [6, 6.07) is 0. The van der Waals surface area contributed by atoms with Crippen molar-refractivity contribution in [3.63, 3.8) is 0 Å². The molecule has 0 amide bonds. The third-order valence-corrected chi connectivity index (χ3v) is 5.01. The second-order valence-corrected chi connectivity index (χ2v) is 5.96. The van der Waals surface area contributed by atoms with E-state index in [1.165, 1.54) is 0 Å². The van der Waals surface area contributed by atoms with Gasteiger partial charge in [0, 0.05) is 0 Å². The predicted molar refractivity (Wildman–Crippen MR) is 38.2 cm³/mol. The second-order valence-electron chi connectivity index (χ2n) is 1.95. The second kappa shape index (κ2) is 5.65. The van der Waals surface area contributed by atoms with E-state index in [-0.39, 0.29) is 0 Å². The molecule has 0 aromatic heterocycles. The molecule has 0 aromatic carbocycles. The van der Waals surface area contributed by atoms with Gasteiger partial charge in [0.1, 0.15) is 0 Å². The Labute approximate surface area is 56.7 Å². The molecule has 0 unspecified atom stereocenters. The van der Waals surface area contributed by atoms with Crippen LogP contribution in [0.3, 0.4) is 0 Å². The first-order chi connectivity index (χ1) is 3.81. The summed E-state index contributed by atoms with van der Waals surface area (Å²) in [7, 11) is 0. The van der Waals surface area contributed by atoms with Crippen molar-refractivity contribution in [2.24, 2.45) is 0 Å². The van der Waals surface area contributed by atoms with Crippen LogP contribution in [0.4, 0.5) is 0 Å². The maximum atomic E-state index is 9.20. The van der Waals surface area contributed by atoms with E-state index in [1.54, 1.807) is 0 Å². The van der Waals surface area contributed by atoms with Gasteiger partial charge in [-0.05, 0) is 0 Å². The molecule has 0 aliphatic rings. The SMILES string of the molecule is CCC[As](O)CCC. The van der Waals surface area contributed by atoms with Crippen molar-refractivity contribution in [2.45, 2.75) is 37.1 Å². The van der Waals surface area contributed by atoms with Gasteiger partial charge in [0.2, 0.25) is 0 Å². The molecular formula is C6H15AsO. The van der Waals surface area contributed by atoms with Gasteiger partial charge in [-0.1, -0.05) is 0 Å². The Morgan fingerprint density at radius 3 is 1.75 bits per heavy atom. The fourth-order valence-corrected chi connectivity index (χ4v) is 3.26. The van der Waals surface area contributed by atoms with Crippen molar-refractivity contribution < 1.29 is 4.10 Å². The van der Waals surface area contributed by atoms with E-state index in [4.69, 9.17) is 0 Å². The van der Waals surface area contributed by atoms with Gasteiger partial charge in [-0.25, -0.2) is 0 Å². The molecule has 0 rings (SSSR count). The van der Waals surface area contributed by atoms with Gasteiger partial charge in [-0.3, -0.25) is 0 Å². The Balaban J connectivity index is 2.92. The van der Waals surface area contributed by atoms with Crippen LogP contribution in [0.1, 0.15) is 26.7 Å². The average molecular weight is 178 g/mol. The molecular weight excluding hydrogens is 163 g/mol. The van der Waals surface area contributed by atoms with Gasteiger partial charge in [-0.2, -0.15) is 0 Å². The predicted octanol–water partition coefficient (Wildman–Crippen LogP) is 1.79. The molecule has 50 valence electrons. The van der Waals surface area contributed by atoms with Crippen LogP contribution < -0.4 is 0 Å². The molecule has 0 saturated heterocycles. The van der Waals surface area contributed by atoms with E-state index in [0.29, 0.717) is 0 Å². The molecule has 0 bridgehead atoms.